The van der Waals surface area contributed by atoms with E-state index in [0.29, 0.717) is 116 Å². The summed E-state index contributed by atoms with van der Waals surface area (Å²) in [6.07, 6.45) is 7.48. The minimum atomic E-state index is -0.119. The first-order chi connectivity index (χ1) is 50.6. The SMILES string of the molecule is COc1c(Br)cc2occ(C(=O)c3ccccc3)c2c1Br.COc1cc2c(C(=O)c3ccccc3)coc2c2ccccc12.COc1ccc2occ(C(=O)c3ccc(Br)cc3)c2c1.COc1ccc2occ(C(=O)c3ccc(CO)cc3)c2c1.COc1ccc2occ(C(=O)c3ccccc3)c2c1. The van der Waals surface area contributed by atoms with Gasteiger partial charge in [-0.15, -0.1) is 0 Å². The second kappa shape index (κ2) is 32.8. The molecule has 0 radical (unpaired) electrons. The number of ether oxygens (including phenoxy) is 5. The van der Waals surface area contributed by atoms with Gasteiger partial charge in [-0.2, -0.15) is 0 Å². The lowest BCUT2D eigenvalue weighted by molar-refractivity contribution is 0.103. The van der Waals surface area contributed by atoms with Gasteiger partial charge in [-0.1, -0.05) is 155 Å². The first-order valence-electron chi connectivity index (χ1n) is 32.0. The highest BCUT2D eigenvalue weighted by atomic mass is 79.9. The zero-order valence-electron chi connectivity index (χ0n) is 56.2. The maximum absolute atomic E-state index is 12.8. The van der Waals surface area contributed by atoms with Crippen molar-refractivity contribution in [2.75, 3.05) is 35.5 Å². The van der Waals surface area contributed by atoms with Gasteiger partial charge in [-0.05, 0) is 128 Å². The van der Waals surface area contributed by atoms with Crippen LogP contribution in [0.15, 0.2) is 297 Å². The fourth-order valence-electron chi connectivity index (χ4n) is 11.5. The molecule has 104 heavy (non-hydrogen) atoms. The van der Waals surface area contributed by atoms with E-state index in [0.717, 1.165) is 52.6 Å². The van der Waals surface area contributed by atoms with Gasteiger partial charge in [0, 0.05) is 70.0 Å². The van der Waals surface area contributed by atoms with Gasteiger partial charge >= 0.3 is 0 Å². The zero-order chi connectivity index (χ0) is 73.0. The lowest BCUT2D eigenvalue weighted by Crippen LogP contribution is -2.00. The molecule has 518 valence electrons. The van der Waals surface area contributed by atoms with E-state index < -0.39 is 0 Å². The van der Waals surface area contributed by atoms with Crippen LogP contribution in [-0.4, -0.2) is 69.6 Å². The minimum absolute atomic E-state index is 0.0414. The van der Waals surface area contributed by atoms with E-state index in [2.05, 4.69) is 47.8 Å². The minimum Gasteiger partial charge on any atom is -0.497 e. The number of carbonyl (C=O) groups is 5. The fraction of sp³-hybridized carbons (Fsp3) is 0.0706. The molecule has 16 aromatic rings. The topological polar surface area (TPSA) is 217 Å². The molecule has 0 amide bonds. The van der Waals surface area contributed by atoms with E-state index in [1.54, 1.807) is 151 Å². The van der Waals surface area contributed by atoms with Gasteiger partial charge in [0.05, 0.1) is 78.9 Å². The van der Waals surface area contributed by atoms with Crippen LogP contribution in [0.3, 0.4) is 0 Å². The van der Waals surface area contributed by atoms with E-state index in [1.807, 2.05) is 115 Å². The largest absolute Gasteiger partial charge is 0.497 e. The molecular formula is C85H61Br3O16. The molecule has 0 saturated heterocycles. The van der Waals surface area contributed by atoms with Gasteiger partial charge in [-0.3, -0.25) is 24.0 Å². The molecule has 0 aliphatic heterocycles. The Bertz CT molecular complexity index is 5770. The number of halogens is 3. The third-order valence-electron chi connectivity index (χ3n) is 16.9. The highest BCUT2D eigenvalue weighted by Crippen LogP contribution is 2.43. The Balaban J connectivity index is 0.000000122. The number of furan rings is 5. The van der Waals surface area contributed by atoms with Gasteiger partial charge in [0.15, 0.2) is 28.9 Å². The molecule has 0 unspecified atom stereocenters. The Morgan fingerprint density at radius 2 is 0.702 bits per heavy atom. The molecule has 0 atom stereocenters. The van der Waals surface area contributed by atoms with Gasteiger partial charge in [-0.25, -0.2) is 0 Å². The predicted octanol–water partition coefficient (Wildman–Crippen LogP) is 21.3. The average Bonchev–Trinajstić information content (AvgIpc) is 1.57. The lowest BCUT2D eigenvalue weighted by atomic mass is 10.00. The summed E-state index contributed by atoms with van der Waals surface area (Å²) in [4.78, 5) is 62.9. The van der Waals surface area contributed by atoms with Gasteiger partial charge in [0.1, 0.15) is 88.0 Å². The highest BCUT2D eigenvalue weighted by molar-refractivity contribution is 9.11. The molecule has 19 heteroatoms. The summed E-state index contributed by atoms with van der Waals surface area (Å²) in [5.41, 5.74) is 9.84. The molecule has 16 nitrogen and oxygen atoms in total. The van der Waals surface area contributed by atoms with E-state index in [-0.39, 0.29) is 35.5 Å². The Kier molecular flexibility index (Phi) is 22.7. The molecule has 0 fully saturated rings. The number of carbonyl (C=O) groups excluding carboxylic acids is 5. The number of hydrogen-bond acceptors (Lipinski definition) is 16. The number of ketones is 5. The quantitative estimate of drug-likeness (QED) is 0.0890. The molecule has 5 aromatic heterocycles. The second-order valence-corrected chi connectivity index (χ2v) is 25.6. The Morgan fingerprint density at radius 1 is 0.337 bits per heavy atom. The number of rotatable bonds is 16. The molecule has 0 bridgehead atoms. The summed E-state index contributed by atoms with van der Waals surface area (Å²) in [7, 11) is 7.98. The van der Waals surface area contributed by atoms with Crippen molar-refractivity contribution in [1.82, 2.24) is 0 Å². The summed E-state index contributed by atoms with van der Waals surface area (Å²) in [5, 5.41) is 14.7. The van der Waals surface area contributed by atoms with E-state index in [1.165, 1.54) is 31.3 Å². The number of aliphatic hydroxyl groups is 1. The Hall–Kier alpha value is -11.9. The van der Waals surface area contributed by atoms with E-state index in [9.17, 15) is 24.0 Å². The first kappa shape index (κ1) is 71.9. The van der Waals surface area contributed by atoms with Crippen LogP contribution in [0.5, 0.6) is 28.7 Å². The second-order valence-electron chi connectivity index (χ2n) is 23.0. The van der Waals surface area contributed by atoms with Crippen molar-refractivity contribution in [1.29, 1.82) is 0 Å². The molecule has 1 N–H and O–H groups in total. The van der Waals surface area contributed by atoms with Crippen molar-refractivity contribution in [3.05, 3.63) is 336 Å². The third kappa shape index (κ3) is 15.5. The lowest BCUT2D eigenvalue weighted by Gasteiger charge is -2.07. The molecule has 16 rings (SSSR count). The van der Waals surface area contributed by atoms with Crippen molar-refractivity contribution < 1.29 is 74.8 Å². The zero-order valence-corrected chi connectivity index (χ0v) is 61.0. The smallest absolute Gasteiger partial charge is 0.196 e. The van der Waals surface area contributed by atoms with Crippen LogP contribution in [0.1, 0.15) is 85.2 Å². The first-order valence-corrected chi connectivity index (χ1v) is 34.4. The molecule has 0 aliphatic carbocycles. The van der Waals surface area contributed by atoms with Gasteiger partial charge in [0.25, 0.3) is 0 Å². The van der Waals surface area contributed by atoms with Crippen molar-refractivity contribution in [3.8, 4) is 28.7 Å². The highest BCUT2D eigenvalue weighted by Gasteiger charge is 2.24. The summed E-state index contributed by atoms with van der Waals surface area (Å²) < 4.78 is 56.3. The van der Waals surface area contributed by atoms with E-state index in [4.69, 9.17) is 50.9 Å². The van der Waals surface area contributed by atoms with E-state index >= 15 is 0 Å². The number of fused-ring (bicyclic) bond motifs is 7. The third-order valence-corrected chi connectivity index (χ3v) is 18.7. The van der Waals surface area contributed by atoms with Crippen molar-refractivity contribution in [2.45, 2.75) is 6.61 Å². The standard InChI is InChI=1S/C20H14O3.C17H14O4.C16H10Br2O3.C16H11BrO3.C16H12O3/c1-22-18-11-16-17(19(21)13-7-3-2-4-8-13)12-23-20(16)15-10-6-5-9-14(15)18;1-20-13-6-7-16-14(8-13)15(10-21-16)17(19)12-4-2-11(9-18)3-5-12;1-20-16-11(17)7-12-13(14(16)18)10(8-21-12)15(19)9-5-3-2-4-6-9;1-19-12-6-7-15-13(8-12)14(9-20-15)16(18)10-2-4-11(17)5-3-10;1-18-12-7-8-15-13(9-12)14(10-19-15)16(17)11-5-3-2-4-6-11/h2-12H,1H3;2-8,10,18H,9H2,1H3;2-8H,1H3;2-9H,1H3;2-10H,1H3. The van der Waals surface area contributed by atoms with Crippen LogP contribution >= 0.6 is 47.8 Å². The molecule has 0 aliphatic rings. The monoisotopic (exact) mass is 1570 g/mol. The van der Waals surface area contributed by atoms with Crippen LogP contribution in [0.4, 0.5) is 0 Å². The fourth-order valence-corrected chi connectivity index (χ4v) is 13.4. The van der Waals surface area contributed by atoms with Crippen LogP contribution in [-0.2, 0) is 6.61 Å². The molecule has 0 spiro atoms. The number of benzene rings is 11. The van der Waals surface area contributed by atoms with Gasteiger partial charge in [0.2, 0.25) is 0 Å². The number of methoxy groups -OCH3 is 5. The summed E-state index contributed by atoms with van der Waals surface area (Å²) >= 11 is 10.3. The maximum Gasteiger partial charge on any atom is 0.196 e. The van der Waals surface area contributed by atoms with Crippen LogP contribution in [0.25, 0.3) is 65.6 Å². The van der Waals surface area contributed by atoms with Gasteiger partial charge < -0.3 is 50.9 Å². The Labute approximate surface area is 620 Å². The molecule has 0 saturated carbocycles. The number of aliphatic hydroxyl groups excluding tert-OH is 1. The van der Waals surface area contributed by atoms with Crippen LogP contribution in [0.2, 0.25) is 0 Å². The van der Waals surface area contributed by atoms with Crippen LogP contribution < -0.4 is 23.7 Å². The maximum atomic E-state index is 12.8. The molecule has 5 heterocycles. The summed E-state index contributed by atoms with van der Waals surface area (Å²) in [6, 6.07) is 69.3. The normalized spacial score (nSPS) is 10.8. The molecular weight excluding hydrogens is 1520 g/mol. The summed E-state index contributed by atoms with van der Waals surface area (Å²) in [5.74, 6) is 3.07. The van der Waals surface area contributed by atoms with Crippen molar-refractivity contribution in [2.24, 2.45) is 0 Å². The van der Waals surface area contributed by atoms with Crippen LogP contribution in [0, 0.1) is 0 Å². The Morgan fingerprint density at radius 3 is 1.12 bits per heavy atom. The van der Waals surface area contributed by atoms with Crippen molar-refractivity contribution >= 4 is 142 Å². The van der Waals surface area contributed by atoms with Crippen molar-refractivity contribution in [3.63, 3.8) is 0 Å². The molecule has 11 aromatic carbocycles. The average molecular weight is 1580 g/mol. The number of hydrogen-bond donors (Lipinski definition) is 1. The predicted molar refractivity (Wildman–Crippen MR) is 410 cm³/mol. The summed E-state index contributed by atoms with van der Waals surface area (Å²) in [6.45, 7) is -0.0414.